The molecule has 0 saturated carbocycles. The van der Waals surface area contributed by atoms with Gasteiger partial charge in [-0.3, -0.25) is 19.3 Å². The highest BCUT2D eigenvalue weighted by molar-refractivity contribution is 6.19. The Morgan fingerprint density at radius 3 is 2.26 bits per heavy atom. The molecule has 0 atom stereocenters. The second kappa shape index (κ2) is 8.49. The predicted octanol–water partition coefficient (Wildman–Crippen LogP) is 2.60. The lowest BCUT2D eigenvalue weighted by molar-refractivity contribution is -0.121. The van der Waals surface area contributed by atoms with Crippen molar-refractivity contribution in [1.29, 1.82) is 0 Å². The number of para-hydroxylation sites is 1. The van der Waals surface area contributed by atoms with Crippen molar-refractivity contribution in [2.75, 3.05) is 29.9 Å². The van der Waals surface area contributed by atoms with Gasteiger partial charge >= 0.3 is 0 Å². The number of carbonyl (C=O) groups is 3. The summed E-state index contributed by atoms with van der Waals surface area (Å²) >= 11 is 0. The van der Waals surface area contributed by atoms with E-state index in [1.807, 2.05) is 25.2 Å². The lowest BCUT2D eigenvalue weighted by Gasteiger charge is -2.19. The average Bonchev–Trinajstić information content (AvgIpc) is 3.04. The number of hydrogen-bond donors (Lipinski definition) is 1. The first-order valence-electron chi connectivity index (χ1n) is 9.06. The number of nitrogens with zero attached hydrogens (tertiary/aromatic N) is 2. The Morgan fingerprint density at radius 2 is 1.63 bits per heavy atom. The Balaban J connectivity index is 1.47. The molecule has 6 heteroatoms. The smallest absolute Gasteiger partial charge is 0.251 e. The van der Waals surface area contributed by atoms with Crippen LogP contribution < -0.4 is 15.1 Å². The maximum atomic E-state index is 12.2. The number of amides is 3. The van der Waals surface area contributed by atoms with Crippen molar-refractivity contribution < 1.29 is 14.4 Å². The number of imide groups is 1. The third-order valence-corrected chi connectivity index (χ3v) is 4.59. The first-order chi connectivity index (χ1) is 13.1. The molecule has 3 amide bonds. The summed E-state index contributed by atoms with van der Waals surface area (Å²) in [6, 6.07) is 16.6. The molecule has 140 valence electrons. The molecule has 1 aliphatic rings. The molecule has 0 spiro atoms. The molecule has 3 rings (SSSR count). The summed E-state index contributed by atoms with van der Waals surface area (Å²) in [4.78, 5) is 39.1. The standard InChI is InChI=1S/C21H23N3O3/c1-23(17-6-3-2-4-7-17)15-5-14-22-21(27)16-8-10-18(11-9-16)24-19(25)12-13-20(24)26/h2-4,6-11H,5,12-15H2,1H3,(H,22,27). The van der Waals surface area contributed by atoms with E-state index in [0.29, 0.717) is 17.8 Å². The summed E-state index contributed by atoms with van der Waals surface area (Å²) in [5.41, 5.74) is 2.17. The predicted molar refractivity (Wildman–Crippen MR) is 105 cm³/mol. The van der Waals surface area contributed by atoms with Gasteiger partial charge in [-0.15, -0.1) is 0 Å². The van der Waals surface area contributed by atoms with Crippen molar-refractivity contribution in [3.8, 4) is 0 Å². The molecule has 27 heavy (non-hydrogen) atoms. The minimum Gasteiger partial charge on any atom is -0.375 e. The Hall–Kier alpha value is -3.15. The van der Waals surface area contributed by atoms with Crippen LogP contribution in [0.3, 0.4) is 0 Å². The molecule has 0 unspecified atom stereocenters. The maximum Gasteiger partial charge on any atom is 0.251 e. The van der Waals surface area contributed by atoms with Gasteiger partial charge in [0.25, 0.3) is 5.91 Å². The van der Waals surface area contributed by atoms with Crippen LogP contribution in [-0.2, 0) is 9.59 Å². The molecule has 1 heterocycles. The molecule has 1 N–H and O–H groups in total. The summed E-state index contributed by atoms with van der Waals surface area (Å²) < 4.78 is 0. The minimum absolute atomic E-state index is 0.164. The molecule has 0 bridgehead atoms. The zero-order chi connectivity index (χ0) is 19.2. The van der Waals surface area contributed by atoms with Gasteiger partial charge < -0.3 is 10.2 Å². The average molecular weight is 365 g/mol. The van der Waals surface area contributed by atoms with Crippen LogP contribution in [0.4, 0.5) is 11.4 Å². The topological polar surface area (TPSA) is 69.7 Å². The third-order valence-electron chi connectivity index (χ3n) is 4.59. The van der Waals surface area contributed by atoms with E-state index in [1.165, 1.54) is 4.90 Å². The molecule has 2 aromatic rings. The van der Waals surface area contributed by atoms with E-state index < -0.39 is 0 Å². The lowest BCUT2D eigenvalue weighted by atomic mass is 10.2. The second-order valence-corrected chi connectivity index (χ2v) is 6.54. The van der Waals surface area contributed by atoms with Gasteiger partial charge in [0.05, 0.1) is 5.69 Å². The van der Waals surface area contributed by atoms with E-state index >= 15 is 0 Å². The summed E-state index contributed by atoms with van der Waals surface area (Å²) in [5, 5.41) is 2.90. The minimum atomic E-state index is -0.195. The van der Waals surface area contributed by atoms with Crippen LogP contribution in [0.2, 0.25) is 0 Å². The van der Waals surface area contributed by atoms with Crippen LogP contribution in [0.15, 0.2) is 54.6 Å². The number of nitrogens with one attached hydrogen (secondary N) is 1. The second-order valence-electron chi connectivity index (χ2n) is 6.54. The van der Waals surface area contributed by atoms with E-state index in [9.17, 15) is 14.4 Å². The van der Waals surface area contributed by atoms with E-state index in [-0.39, 0.29) is 30.6 Å². The lowest BCUT2D eigenvalue weighted by Crippen LogP contribution is -2.29. The number of carbonyl (C=O) groups excluding carboxylic acids is 3. The molecule has 0 radical (unpaired) electrons. The monoisotopic (exact) mass is 365 g/mol. The Kier molecular flexibility index (Phi) is 5.86. The normalized spacial score (nSPS) is 13.7. The number of rotatable bonds is 7. The summed E-state index contributed by atoms with van der Waals surface area (Å²) in [7, 11) is 2.02. The molecule has 1 saturated heterocycles. The van der Waals surface area contributed by atoms with E-state index in [2.05, 4.69) is 22.3 Å². The number of anilines is 2. The fourth-order valence-corrected chi connectivity index (χ4v) is 3.06. The Morgan fingerprint density at radius 1 is 1.00 bits per heavy atom. The SMILES string of the molecule is CN(CCCNC(=O)c1ccc(N2C(=O)CCC2=O)cc1)c1ccccc1. The number of benzene rings is 2. The first-order valence-corrected chi connectivity index (χ1v) is 9.06. The molecule has 6 nitrogen and oxygen atoms in total. The van der Waals surface area contributed by atoms with Crippen molar-refractivity contribution in [1.82, 2.24) is 5.32 Å². The molecule has 1 aliphatic heterocycles. The quantitative estimate of drug-likeness (QED) is 0.605. The highest BCUT2D eigenvalue weighted by atomic mass is 16.2. The van der Waals surface area contributed by atoms with Crippen LogP contribution >= 0.6 is 0 Å². The summed E-state index contributed by atoms with van der Waals surface area (Å²) in [6.45, 7) is 1.41. The largest absolute Gasteiger partial charge is 0.375 e. The van der Waals surface area contributed by atoms with Crippen molar-refractivity contribution in [2.45, 2.75) is 19.3 Å². The number of hydrogen-bond acceptors (Lipinski definition) is 4. The fraction of sp³-hybridized carbons (Fsp3) is 0.286. The van der Waals surface area contributed by atoms with Crippen LogP contribution in [0.25, 0.3) is 0 Å². The molecule has 0 aromatic heterocycles. The zero-order valence-electron chi connectivity index (χ0n) is 15.4. The third kappa shape index (κ3) is 4.53. The van der Waals surface area contributed by atoms with E-state index in [0.717, 1.165) is 18.7 Å². The van der Waals surface area contributed by atoms with Crippen molar-refractivity contribution in [3.05, 3.63) is 60.2 Å². The first kappa shape index (κ1) is 18.6. The van der Waals surface area contributed by atoms with Gasteiger partial charge in [-0.2, -0.15) is 0 Å². The summed E-state index contributed by atoms with van der Waals surface area (Å²) in [5.74, 6) is -0.553. The van der Waals surface area contributed by atoms with Gasteiger partial charge in [0.2, 0.25) is 11.8 Å². The maximum absolute atomic E-state index is 12.2. The van der Waals surface area contributed by atoms with Crippen LogP contribution in [0, 0.1) is 0 Å². The van der Waals surface area contributed by atoms with Gasteiger partial charge in [0.15, 0.2) is 0 Å². The van der Waals surface area contributed by atoms with Crippen molar-refractivity contribution in [2.24, 2.45) is 0 Å². The van der Waals surface area contributed by atoms with Gasteiger partial charge in [0.1, 0.15) is 0 Å². The summed E-state index contributed by atoms with van der Waals surface area (Å²) in [6.07, 6.45) is 1.32. The molecule has 1 fully saturated rings. The molecular weight excluding hydrogens is 342 g/mol. The van der Waals surface area contributed by atoms with Crippen LogP contribution in [-0.4, -0.2) is 37.9 Å². The van der Waals surface area contributed by atoms with Crippen LogP contribution in [0.5, 0.6) is 0 Å². The van der Waals surface area contributed by atoms with E-state index in [1.54, 1.807) is 24.3 Å². The van der Waals surface area contributed by atoms with Crippen molar-refractivity contribution in [3.63, 3.8) is 0 Å². The highest BCUT2D eigenvalue weighted by Crippen LogP contribution is 2.22. The molecular formula is C21H23N3O3. The van der Waals surface area contributed by atoms with Gasteiger partial charge in [0, 0.05) is 44.2 Å². The van der Waals surface area contributed by atoms with Crippen molar-refractivity contribution >= 4 is 29.1 Å². The highest BCUT2D eigenvalue weighted by Gasteiger charge is 2.30. The van der Waals surface area contributed by atoms with Gasteiger partial charge in [-0.1, -0.05) is 18.2 Å². The molecule has 0 aliphatic carbocycles. The molecule has 2 aromatic carbocycles. The zero-order valence-corrected chi connectivity index (χ0v) is 15.4. The van der Waals surface area contributed by atoms with E-state index in [4.69, 9.17) is 0 Å². The van der Waals surface area contributed by atoms with Crippen LogP contribution in [0.1, 0.15) is 29.6 Å². The Bertz CT molecular complexity index is 802. The fourth-order valence-electron chi connectivity index (χ4n) is 3.06. The Labute approximate surface area is 158 Å². The van der Waals surface area contributed by atoms with Gasteiger partial charge in [-0.05, 0) is 42.8 Å². The van der Waals surface area contributed by atoms with Gasteiger partial charge in [-0.25, -0.2) is 0 Å².